The molecule has 16 heavy (non-hydrogen) atoms. The van der Waals surface area contributed by atoms with Crippen LogP contribution in [0.2, 0.25) is 5.02 Å². The van der Waals surface area contributed by atoms with Gasteiger partial charge in [-0.2, -0.15) is 0 Å². The van der Waals surface area contributed by atoms with Gasteiger partial charge in [0.15, 0.2) is 0 Å². The number of hydrogen-bond donors (Lipinski definition) is 3. The van der Waals surface area contributed by atoms with Gasteiger partial charge >= 0.3 is 0 Å². The summed E-state index contributed by atoms with van der Waals surface area (Å²) >= 11 is 5.92. The molecule has 0 aliphatic carbocycles. The molecule has 0 saturated heterocycles. The van der Waals surface area contributed by atoms with Gasteiger partial charge in [-0.1, -0.05) is 23.7 Å². The molecule has 1 amide bonds. The van der Waals surface area contributed by atoms with Gasteiger partial charge in [0, 0.05) is 10.6 Å². The lowest BCUT2D eigenvalue weighted by Gasteiger charge is -2.19. The molecule has 1 aromatic rings. The predicted molar refractivity (Wildman–Crippen MR) is 61.0 cm³/mol. The standard InChI is InChI=1S/C11H14ClNO3/c1-6-3-2-4-7(12)10(6)11(16)8(14)5-9(13)15/h2-4,8,11,14,16H,5H2,1H3,(H2,13,15). The van der Waals surface area contributed by atoms with Crippen LogP contribution < -0.4 is 5.73 Å². The van der Waals surface area contributed by atoms with Crippen molar-refractivity contribution in [3.8, 4) is 0 Å². The molecule has 1 rings (SSSR count). The molecule has 4 nitrogen and oxygen atoms in total. The lowest BCUT2D eigenvalue weighted by Crippen LogP contribution is -2.26. The Hall–Kier alpha value is -1.10. The fraction of sp³-hybridized carbons (Fsp3) is 0.364. The number of carbonyl (C=O) groups excluding carboxylic acids is 1. The number of nitrogens with two attached hydrogens (primary N) is 1. The molecule has 5 heteroatoms. The smallest absolute Gasteiger partial charge is 0.220 e. The van der Waals surface area contributed by atoms with E-state index in [0.717, 1.165) is 5.56 Å². The summed E-state index contributed by atoms with van der Waals surface area (Å²) in [5.41, 5.74) is 6.12. The lowest BCUT2D eigenvalue weighted by atomic mass is 9.97. The van der Waals surface area contributed by atoms with E-state index in [0.29, 0.717) is 10.6 Å². The number of aryl methyl sites for hydroxylation is 1. The molecule has 0 radical (unpaired) electrons. The molecular weight excluding hydrogens is 230 g/mol. The molecule has 0 heterocycles. The zero-order valence-electron chi connectivity index (χ0n) is 8.85. The van der Waals surface area contributed by atoms with E-state index in [1.807, 2.05) is 0 Å². The van der Waals surface area contributed by atoms with E-state index in [4.69, 9.17) is 17.3 Å². The zero-order chi connectivity index (χ0) is 12.3. The second-order valence-electron chi connectivity index (χ2n) is 3.65. The van der Waals surface area contributed by atoms with Crippen molar-refractivity contribution >= 4 is 17.5 Å². The summed E-state index contributed by atoms with van der Waals surface area (Å²) < 4.78 is 0. The first-order valence-corrected chi connectivity index (χ1v) is 5.20. The van der Waals surface area contributed by atoms with Crippen LogP contribution in [0.1, 0.15) is 23.7 Å². The average molecular weight is 244 g/mol. The van der Waals surface area contributed by atoms with Crippen molar-refractivity contribution in [3.05, 3.63) is 34.3 Å². The Morgan fingerprint density at radius 1 is 1.50 bits per heavy atom. The summed E-state index contributed by atoms with van der Waals surface area (Å²) in [6.07, 6.45) is -2.75. The Morgan fingerprint density at radius 3 is 2.62 bits per heavy atom. The zero-order valence-corrected chi connectivity index (χ0v) is 9.61. The van der Waals surface area contributed by atoms with Crippen molar-refractivity contribution in [3.63, 3.8) is 0 Å². The Kier molecular flexibility index (Phi) is 4.29. The molecule has 0 spiro atoms. The molecular formula is C11H14ClNO3. The highest BCUT2D eigenvalue weighted by molar-refractivity contribution is 6.31. The van der Waals surface area contributed by atoms with Gasteiger partial charge in [-0.3, -0.25) is 4.79 Å². The van der Waals surface area contributed by atoms with Crippen LogP contribution in [0.25, 0.3) is 0 Å². The number of halogens is 1. The molecule has 0 bridgehead atoms. The molecule has 0 fully saturated rings. The van der Waals surface area contributed by atoms with Crippen molar-refractivity contribution in [2.24, 2.45) is 5.73 Å². The number of aliphatic hydroxyl groups is 2. The Labute approximate surface area is 98.6 Å². The summed E-state index contributed by atoms with van der Waals surface area (Å²) in [5.74, 6) is -0.670. The maximum Gasteiger partial charge on any atom is 0.220 e. The Bertz CT molecular complexity index is 375. The van der Waals surface area contributed by atoms with Crippen LogP contribution in [0, 0.1) is 6.92 Å². The van der Waals surface area contributed by atoms with E-state index in [2.05, 4.69) is 0 Å². The number of carbonyl (C=O) groups is 1. The highest BCUT2D eigenvalue weighted by Gasteiger charge is 2.23. The van der Waals surface area contributed by atoms with E-state index >= 15 is 0 Å². The van der Waals surface area contributed by atoms with Gasteiger partial charge in [-0.05, 0) is 18.6 Å². The Morgan fingerprint density at radius 2 is 2.12 bits per heavy atom. The second kappa shape index (κ2) is 5.30. The highest BCUT2D eigenvalue weighted by Crippen LogP contribution is 2.29. The van der Waals surface area contributed by atoms with Gasteiger partial charge in [0.25, 0.3) is 0 Å². The normalized spacial score (nSPS) is 14.5. The van der Waals surface area contributed by atoms with E-state index in [1.54, 1.807) is 25.1 Å². The maximum atomic E-state index is 10.6. The lowest BCUT2D eigenvalue weighted by molar-refractivity contribution is -0.121. The van der Waals surface area contributed by atoms with Gasteiger partial charge < -0.3 is 15.9 Å². The van der Waals surface area contributed by atoms with Crippen LogP contribution in [0.4, 0.5) is 0 Å². The monoisotopic (exact) mass is 243 g/mol. The first-order valence-electron chi connectivity index (χ1n) is 4.83. The van der Waals surface area contributed by atoms with E-state index in [-0.39, 0.29) is 6.42 Å². The largest absolute Gasteiger partial charge is 0.390 e. The van der Waals surface area contributed by atoms with Crippen molar-refractivity contribution < 1.29 is 15.0 Å². The maximum absolute atomic E-state index is 10.6. The summed E-state index contributed by atoms with van der Waals surface area (Å²) in [5, 5.41) is 19.8. The van der Waals surface area contributed by atoms with Crippen molar-refractivity contribution in [2.45, 2.75) is 25.6 Å². The average Bonchev–Trinajstić information content (AvgIpc) is 2.16. The van der Waals surface area contributed by atoms with Gasteiger partial charge in [-0.25, -0.2) is 0 Å². The minimum absolute atomic E-state index is 0.300. The summed E-state index contributed by atoms with van der Waals surface area (Å²) in [7, 11) is 0. The molecule has 0 aliphatic rings. The quantitative estimate of drug-likeness (QED) is 0.735. The van der Waals surface area contributed by atoms with E-state index in [1.165, 1.54) is 0 Å². The fourth-order valence-electron chi connectivity index (χ4n) is 1.53. The van der Waals surface area contributed by atoms with Crippen LogP contribution in [0.3, 0.4) is 0 Å². The third-order valence-corrected chi connectivity index (χ3v) is 2.67. The third kappa shape index (κ3) is 2.95. The van der Waals surface area contributed by atoms with Crippen LogP contribution in [-0.4, -0.2) is 22.2 Å². The highest BCUT2D eigenvalue weighted by atomic mass is 35.5. The second-order valence-corrected chi connectivity index (χ2v) is 4.06. The minimum atomic E-state index is -1.24. The number of primary amides is 1. The molecule has 0 saturated carbocycles. The molecule has 2 atom stereocenters. The van der Waals surface area contributed by atoms with Crippen LogP contribution in [-0.2, 0) is 4.79 Å². The summed E-state index contributed by atoms with van der Waals surface area (Å²) in [6, 6.07) is 5.12. The van der Waals surface area contributed by atoms with E-state index < -0.39 is 18.1 Å². The topological polar surface area (TPSA) is 83.6 Å². The number of benzene rings is 1. The SMILES string of the molecule is Cc1cccc(Cl)c1C(O)C(O)CC(N)=O. The fourth-order valence-corrected chi connectivity index (χ4v) is 1.86. The molecule has 1 aromatic carbocycles. The molecule has 0 aromatic heterocycles. The van der Waals surface area contributed by atoms with Gasteiger partial charge in [-0.15, -0.1) is 0 Å². The van der Waals surface area contributed by atoms with Crippen molar-refractivity contribution in [2.75, 3.05) is 0 Å². The minimum Gasteiger partial charge on any atom is -0.390 e. The van der Waals surface area contributed by atoms with E-state index in [9.17, 15) is 15.0 Å². The molecule has 4 N–H and O–H groups in total. The summed E-state index contributed by atoms with van der Waals surface area (Å²) in [6.45, 7) is 1.77. The number of amides is 1. The van der Waals surface area contributed by atoms with Crippen molar-refractivity contribution in [1.82, 2.24) is 0 Å². The first kappa shape index (κ1) is 13.0. The molecule has 88 valence electrons. The number of aliphatic hydroxyl groups excluding tert-OH is 2. The third-order valence-electron chi connectivity index (χ3n) is 2.34. The summed E-state index contributed by atoms with van der Waals surface area (Å²) in [4.78, 5) is 10.6. The van der Waals surface area contributed by atoms with Gasteiger partial charge in [0.05, 0.1) is 12.5 Å². The van der Waals surface area contributed by atoms with Crippen LogP contribution in [0.15, 0.2) is 18.2 Å². The first-order chi connectivity index (χ1) is 7.43. The molecule has 0 aliphatic heterocycles. The van der Waals surface area contributed by atoms with Crippen molar-refractivity contribution in [1.29, 1.82) is 0 Å². The number of hydrogen-bond acceptors (Lipinski definition) is 3. The predicted octanol–water partition coefficient (Wildman–Crippen LogP) is 0.918. The molecule has 2 unspecified atom stereocenters. The number of rotatable bonds is 4. The van der Waals surface area contributed by atoms with Crippen LogP contribution >= 0.6 is 11.6 Å². The van der Waals surface area contributed by atoms with Gasteiger partial charge in [0.2, 0.25) is 5.91 Å². The van der Waals surface area contributed by atoms with Gasteiger partial charge in [0.1, 0.15) is 6.10 Å². The Balaban J connectivity index is 2.95. The van der Waals surface area contributed by atoms with Crippen LogP contribution in [0.5, 0.6) is 0 Å².